The Morgan fingerprint density at radius 1 is 1.32 bits per heavy atom. The van der Waals surface area contributed by atoms with E-state index in [0.29, 0.717) is 6.42 Å². The van der Waals surface area contributed by atoms with Gasteiger partial charge in [-0.3, -0.25) is 10.1 Å². The molecule has 10 heteroatoms. The minimum absolute atomic E-state index is 0.182. The van der Waals surface area contributed by atoms with Crippen LogP contribution in [-0.4, -0.2) is 60.3 Å². The number of nitrogens with zero attached hydrogens (tertiary/aromatic N) is 2. The van der Waals surface area contributed by atoms with Gasteiger partial charge in [0.05, 0.1) is 10.8 Å². The largest absolute Gasteiger partial charge is 0.322 e. The molecule has 2 aliphatic heterocycles. The van der Waals surface area contributed by atoms with Crippen LogP contribution in [0.15, 0.2) is 35.0 Å². The lowest BCUT2D eigenvalue weighted by Crippen LogP contribution is -2.52. The van der Waals surface area contributed by atoms with E-state index in [4.69, 9.17) is 0 Å². The van der Waals surface area contributed by atoms with Crippen molar-refractivity contribution in [3.8, 4) is 11.8 Å². The highest BCUT2D eigenvalue weighted by Crippen LogP contribution is 2.19. The van der Waals surface area contributed by atoms with Crippen LogP contribution in [0.3, 0.4) is 0 Å². The molecule has 2 aliphatic rings. The predicted molar refractivity (Wildman–Crippen MR) is 106 cm³/mol. The summed E-state index contributed by atoms with van der Waals surface area (Å²) >= 11 is 1.56. The quantitative estimate of drug-likeness (QED) is 0.422. The first kappa shape index (κ1) is 20.4. The van der Waals surface area contributed by atoms with Gasteiger partial charge in [-0.1, -0.05) is 17.9 Å². The lowest BCUT2D eigenvalue weighted by Gasteiger charge is -2.28. The van der Waals surface area contributed by atoms with Crippen molar-refractivity contribution in [2.45, 2.75) is 23.9 Å². The molecular weight excluding hydrogens is 400 g/mol. The molecule has 1 saturated heterocycles. The van der Waals surface area contributed by atoms with Gasteiger partial charge in [0.2, 0.25) is 10.0 Å². The predicted octanol–water partition coefficient (Wildman–Crippen LogP) is 0.715. The number of nitrogens with one attached hydrogen (secondary N) is 2. The van der Waals surface area contributed by atoms with Crippen LogP contribution in [0.2, 0.25) is 0 Å². The second-order valence-electron chi connectivity index (χ2n) is 6.67. The lowest BCUT2D eigenvalue weighted by molar-refractivity contribution is -0.122. The maximum atomic E-state index is 12.7. The summed E-state index contributed by atoms with van der Waals surface area (Å²) in [4.78, 5) is 27.4. The van der Waals surface area contributed by atoms with E-state index < -0.39 is 33.3 Å². The fraction of sp³-hybridized carbons (Fsp3) is 0.389. The molecular formula is C18H20N4O4S2. The number of hydrogen-bond donors (Lipinski definition) is 2. The van der Waals surface area contributed by atoms with Crippen molar-refractivity contribution in [1.82, 2.24) is 19.9 Å². The van der Waals surface area contributed by atoms with E-state index in [1.807, 2.05) is 18.4 Å². The number of carbonyl (C=O) groups is 2. The summed E-state index contributed by atoms with van der Waals surface area (Å²) in [6, 6.07) is 3.11. The van der Waals surface area contributed by atoms with Crippen LogP contribution in [0.1, 0.15) is 18.9 Å². The highest BCUT2D eigenvalue weighted by Gasteiger charge is 2.46. The number of imide groups is 1. The third-order valence-corrected chi connectivity index (χ3v) is 7.19. The molecule has 0 aromatic carbocycles. The van der Waals surface area contributed by atoms with Gasteiger partial charge in [-0.05, 0) is 31.7 Å². The number of rotatable bonds is 4. The number of thioether (sulfide) groups is 1. The normalized spacial score (nSPS) is 22.7. The highest BCUT2D eigenvalue weighted by molar-refractivity contribution is 7.98. The van der Waals surface area contributed by atoms with E-state index in [0.717, 1.165) is 16.2 Å². The molecule has 1 fully saturated rings. The summed E-state index contributed by atoms with van der Waals surface area (Å²) in [5.41, 5.74) is 0.193. The molecule has 0 radical (unpaired) electrons. The molecule has 2 N–H and O–H groups in total. The SMILES string of the molecule is CSc1ccc(C#CC2=CCN(S(=O)(=O)C[C@@]3(C)NC(=O)NC3=O)CC2)cn1. The molecule has 1 aromatic rings. The minimum atomic E-state index is -3.73. The zero-order valence-electron chi connectivity index (χ0n) is 15.5. The van der Waals surface area contributed by atoms with Gasteiger partial charge in [0, 0.05) is 30.4 Å². The second kappa shape index (κ2) is 7.95. The smallest absolute Gasteiger partial charge is 0.322 e. The summed E-state index contributed by atoms with van der Waals surface area (Å²) in [7, 11) is -3.73. The molecule has 3 rings (SSSR count). The summed E-state index contributed by atoms with van der Waals surface area (Å²) < 4.78 is 26.6. The summed E-state index contributed by atoms with van der Waals surface area (Å²) in [6.45, 7) is 1.86. The highest BCUT2D eigenvalue weighted by atomic mass is 32.2. The van der Waals surface area contributed by atoms with Crippen LogP contribution < -0.4 is 10.6 Å². The molecule has 1 aromatic heterocycles. The minimum Gasteiger partial charge on any atom is -0.322 e. The van der Waals surface area contributed by atoms with E-state index >= 15 is 0 Å². The fourth-order valence-corrected chi connectivity index (χ4v) is 5.03. The van der Waals surface area contributed by atoms with E-state index in [2.05, 4.69) is 27.5 Å². The van der Waals surface area contributed by atoms with Gasteiger partial charge in [0.25, 0.3) is 5.91 Å². The van der Waals surface area contributed by atoms with Crippen molar-refractivity contribution >= 4 is 33.7 Å². The van der Waals surface area contributed by atoms with Crippen molar-refractivity contribution < 1.29 is 18.0 Å². The Morgan fingerprint density at radius 2 is 2.11 bits per heavy atom. The molecule has 0 saturated carbocycles. The Labute approximate surface area is 168 Å². The molecule has 3 heterocycles. The maximum absolute atomic E-state index is 12.7. The van der Waals surface area contributed by atoms with Crippen molar-refractivity contribution in [3.05, 3.63) is 35.5 Å². The number of sulfonamides is 1. The zero-order chi connectivity index (χ0) is 20.4. The average molecular weight is 421 g/mol. The maximum Gasteiger partial charge on any atom is 0.322 e. The summed E-state index contributed by atoms with van der Waals surface area (Å²) in [6.07, 6.45) is 5.92. The van der Waals surface area contributed by atoms with Crippen LogP contribution in [0.4, 0.5) is 4.79 Å². The van der Waals surface area contributed by atoms with Gasteiger partial charge in [-0.15, -0.1) is 11.8 Å². The number of aromatic nitrogens is 1. The Balaban J connectivity index is 1.65. The first-order chi connectivity index (χ1) is 13.2. The molecule has 0 spiro atoms. The van der Waals surface area contributed by atoms with Gasteiger partial charge < -0.3 is 5.32 Å². The van der Waals surface area contributed by atoms with Crippen LogP contribution in [0.25, 0.3) is 0 Å². The van der Waals surface area contributed by atoms with E-state index in [-0.39, 0.29) is 13.1 Å². The molecule has 1 atom stereocenters. The van der Waals surface area contributed by atoms with Crippen molar-refractivity contribution in [1.29, 1.82) is 0 Å². The van der Waals surface area contributed by atoms with Crippen LogP contribution >= 0.6 is 11.8 Å². The summed E-state index contributed by atoms with van der Waals surface area (Å²) in [5, 5.41) is 5.37. The van der Waals surface area contributed by atoms with Crippen LogP contribution in [0.5, 0.6) is 0 Å². The monoisotopic (exact) mass is 420 g/mol. The second-order valence-corrected chi connectivity index (χ2v) is 9.47. The summed E-state index contributed by atoms with van der Waals surface area (Å²) in [5.74, 6) is 4.97. The first-order valence-electron chi connectivity index (χ1n) is 8.54. The number of pyridine rings is 1. The molecule has 148 valence electrons. The van der Waals surface area contributed by atoms with E-state index in [1.54, 1.807) is 24.0 Å². The zero-order valence-corrected chi connectivity index (χ0v) is 17.1. The standard InChI is InChI=1S/C18H20N4O4S2/c1-18(16(23)20-17(24)21-18)12-28(25,26)22-9-7-13(8-10-22)3-4-14-5-6-15(27-2)19-11-14/h5-7,11H,8-10,12H2,1-2H3,(H2,20,21,23,24)/t18-/m1/s1. The fourth-order valence-electron chi connectivity index (χ4n) is 2.88. The molecule has 3 amide bonds. The molecule has 0 unspecified atom stereocenters. The topological polar surface area (TPSA) is 108 Å². The van der Waals surface area contributed by atoms with Gasteiger partial charge >= 0.3 is 6.03 Å². The Kier molecular flexibility index (Phi) is 5.79. The average Bonchev–Trinajstić information content (AvgIpc) is 2.91. The Morgan fingerprint density at radius 3 is 2.64 bits per heavy atom. The first-order valence-corrected chi connectivity index (χ1v) is 11.4. The van der Waals surface area contributed by atoms with Crippen LogP contribution in [0, 0.1) is 11.8 Å². The molecule has 28 heavy (non-hydrogen) atoms. The van der Waals surface area contributed by atoms with Gasteiger partial charge in [-0.25, -0.2) is 18.2 Å². The number of amides is 3. The number of hydrogen-bond acceptors (Lipinski definition) is 6. The van der Waals surface area contributed by atoms with Gasteiger partial charge in [0.15, 0.2) is 0 Å². The van der Waals surface area contributed by atoms with Crippen molar-refractivity contribution in [3.63, 3.8) is 0 Å². The van der Waals surface area contributed by atoms with E-state index in [1.165, 1.54) is 11.2 Å². The number of urea groups is 1. The van der Waals surface area contributed by atoms with E-state index in [9.17, 15) is 18.0 Å². The van der Waals surface area contributed by atoms with Crippen molar-refractivity contribution in [2.24, 2.45) is 0 Å². The van der Waals surface area contributed by atoms with Crippen LogP contribution in [-0.2, 0) is 14.8 Å². The van der Waals surface area contributed by atoms with Crippen molar-refractivity contribution in [2.75, 3.05) is 25.1 Å². The van der Waals surface area contributed by atoms with Gasteiger partial charge in [-0.2, -0.15) is 4.31 Å². The Hall–Kier alpha value is -2.35. The van der Waals surface area contributed by atoms with Gasteiger partial charge in [0.1, 0.15) is 5.54 Å². The number of carbonyl (C=O) groups excluding carboxylic acids is 2. The molecule has 0 bridgehead atoms. The molecule has 0 aliphatic carbocycles. The third kappa shape index (κ3) is 4.55. The Bertz CT molecular complexity index is 993. The molecule has 8 nitrogen and oxygen atoms in total. The third-order valence-electron chi connectivity index (χ3n) is 4.47. The lowest BCUT2D eigenvalue weighted by atomic mass is 10.1.